The molecule has 5 heteroatoms. The molecule has 0 bridgehead atoms. The summed E-state index contributed by atoms with van der Waals surface area (Å²) in [7, 11) is 1.84. The van der Waals surface area contributed by atoms with Gasteiger partial charge in [-0.1, -0.05) is 11.6 Å². The highest BCUT2D eigenvalue weighted by Crippen LogP contribution is 2.30. The van der Waals surface area contributed by atoms with Crippen molar-refractivity contribution in [3.63, 3.8) is 0 Å². The van der Waals surface area contributed by atoms with Crippen LogP contribution in [0.3, 0.4) is 0 Å². The number of anilines is 2. The predicted octanol–water partition coefficient (Wildman–Crippen LogP) is 1.51. The van der Waals surface area contributed by atoms with E-state index < -0.39 is 0 Å². The van der Waals surface area contributed by atoms with Gasteiger partial charge in [0.2, 0.25) is 5.91 Å². The molecule has 0 fully saturated rings. The number of fused-ring (bicyclic) bond motifs is 1. The minimum Gasteiger partial charge on any atom is -0.346 e. The van der Waals surface area contributed by atoms with Crippen molar-refractivity contribution < 1.29 is 4.79 Å². The van der Waals surface area contributed by atoms with Gasteiger partial charge in [0.15, 0.2) is 5.82 Å². The maximum atomic E-state index is 11.5. The van der Waals surface area contributed by atoms with Gasteiger partial charge in [-0.05, 0) is 13.0 Å². The molecule has 0 radical (unpaired) electrons. The van der Waals surface area contributed by atoms with Crippen LogP contribution in [-0.2, 0) is 4.79 Å². The first-order valence-electron chi connectivity index (χ1n) is 4.29. The van der Waals surface area contributed by atoms with Gasteiger partial charge in [-0.15, -0.1) is 0 Å². The molecule has 1 N–H and O–H groups in total. The van der Waals surface area contributed by atoms with Crippen LogP contribution in [0.1, 0.15) is 6.92 Å². The summed E-state index contributed by atoms with van der Waals surface area (Å²) < 4.78 is 0. The van der Waals surface area contributed by atoms with Crippen LogP contribution in [0.25, 0.3) is 0 Å². The van der Waals surface area contributed by atoms with Crippen molar-refractivity contribution in [2.45, 2.75) is 13.0 Å². The van der Waals surface area contributed by atoms with E-state index in [9.17, 15) is 4.79 Å². The summed E-state index contributed by atoms with van der Waals surface area (Å²) in [6, 6.07) is 1.50. The third-order valence-corrected chi connectivity index (χ3v) is 2.59. The molecule has 4 nitrogen and oxygen atoms in total. The Labute approximate surface area is 86.9 Å². The maximum Gasteiger partial charge on any atom is 0.246 e. The van der Waals surface area contributed by atoms with E-state index >= 15 is 0 Å². The van der Waals surface area contributed by atoms with Crippen LogP contribution < -0.4 is 10.2 Å². The number of nitrogens with one attached hydrogen (secondary N) is 1. The minimum atomic E-state index is -0.198. The molecule has 74 valence electrons. The molecule has 2 rings (SSSR count). The first-order chi connectivity index (χ1) is 6.59. The highest BCUT2D eigenvalue weighted by atomic mass is 35.5. The maximum absolute atomic E-state index is 11.5. The summed E-state index contributed by atoms with van der Waals surface area (Å²) in [5.41, 5.74) is 0.670. The standard InChI is InChI=1S/C9H10ClN3O/c1-5-9(14)12-7-3-6(10)4-11-8(7)13(5)2/h3-5H,1-2H3,(H,12,14). The highest BCUT2D eigenvalue weighted by Gasteiger charge is 2.27. The summed E-state index contributed by atoms with van der Waals surface area (Å²) in [6.07, 6.45) is 1.57. The Kier molecular flexibility index (Phi) is 2.07. The molecule has 1 unspecified atom stereocenters. The SMILES string of the molecule is CC1C(=O)Nc2cc(Cl)cnc2N1C. The monoisotopic (exact) mass is 211 g/mol. The summed E-state index contributed by atoms with van der Waals surface area (Å²) in [5, 5.41) is 3.27. The van der Waals surface area contributed by atoms with Crippen molar-refractivity contribution in [3.05, 3.63) is 17.3 Å². The van der Waals surface area contributed by atoms with E-state index in [1.165, 1.54) is 0 Å². The van der Waals surface area contributed by atoms with Crippen molar-refractivity contribution in [2.75, 3.05) is 17.3 Å². The van der Waals surface area contributed by atoms with E-state index in [0.717, 1.165) is 5.82 Å². The lowest BCUT2D eigenvalue weighted by atomic mass is 10.2. The van der Waals surface area contributed by atoms with Crippen molar-refractivity contribution in [1.82, 2.24) is 4.98 Å². The molecule has 1 aliphatic heterocycles. The molecule has 0 aliphatic carbocycles. The number of rotatable bonds is 0. The summed E-state index contributed by atoms with van der Waals surface area (Å²) in [4.78, 5) is 17.4. The van der Waals surface area contributed by atoms with Gasteiger partial charge in [-0.3, -0.25) is 4.79 Å². The number of aromatic nitrogens is 1. The zero-order valence-electron chi connectivity index (χ0n) is 7.91. The Hall–Kier alpha value is -1.29. The van der Waals surface area contributed by atoms with E-state index in [4.69, 9.17) is 11.6 Å². The average Bonchev–Trinajstić information content (AvgIpc) is 2.14. The van der Waals surface area contributed by atoms with E-state index in [1.807, 2.05) is 18.9 Å². The van der Waals surface area contributed by atoms with E-state index in [2.05, 4.69) is 10.3 Å². The second-order valence-corrected chi connectivity index (χ2v) is 3.74. The van der Waals surface area contributed by atoms with Gasteiger partial charge in [-0.25, -0.2) is 4.98 Å². The van der Waals surface area contributed by atoms with Crippen molar-refractivity contribution in [3.8, 4) is 0 Å². The summed E-state index contributed by atoms with van der Waals surface area (Å²) >= 11 is 5.78. The van der Waals surface area contributed by atoms with Gasteiger partial charge in [0, 0.05) is 13.2 Å². The first-order valence-corrected chi connectivity index (χ1v) is 4.66. The summed E-state index contributed by atoms with van der Waals surface area (Å²) in [6.45, 7) is 1.83. The molecule has 0 aromatic carbocycles. The number of hydrogen-bond acceptors (Lipinski definition) is 3. The number of carbonyl (C=O) groups excluding carboxylic acids is 1. The molecule has 0 spiro atoms. The smallest absolute Gasteiger partial charge is 0.246 e. The van der Waals surface area contributed by atoms with Crippen LogP contribution in [-0.4, -0.2) is 24.0 Å². The lowest BCUT2D eigenvalue weighted by molar-refractivity contribution is -0.117. The fourth-order valence-electron chi connectivity index (χ4n) is 1.40. The van der Waals surface area contributed by atoms with Crippen LogP contribution in [0.2, 0.25) is 5.02 Å². The average molecular weight is 212 g/mol. The molecule has 2 heterocycles. The molecule has 0 saturated carbocycles. The Morgan fingerprint density at radius 3 is 3.07 bits per heavy atom. The lowest BCUT2D eigenvalue weighted by Crippen LogP contribution is -2.44. The molecule has 1 amide bonds. The predicted molar refractivity (Wildman–Crippen MR) is 55.7 cm³/mol. The topological polar surface area (TPSA) is 45.2 Å². The number of halogens is 1. The highest BCUT2D eigenvalue weighted by molar-refractivity contribution is 6.31. The molecular weight excluding hydrogens is 202 g/mol. The van der Waals surface area contributed by atoms with E-state index in [0.29, 0.717) is 10.7 Å². The van der Waals surface area contributed by atoms with Crippen LogP contribution in [0, 0.1) is 0 Å². The fourth-order valence-corrected chi connectivity index (χ4v) is 1.56. The van der Waals surface area contributed by atoms with Crippen molar-refractivity contribution >= 4 is 29.0 Å². The third kappa shape index (κ3) is 1.32. The number of pyridine rings is 1. The van der Waals surface area contributed by atoms with E-state index in [1.54, 1.807) is 12.3 Å². The lowest BCUT2D eigenvalue weighted by Gasteiger charge is -2.31. The molecule has 1 aromatic heterocycles. The van der Waals surface area contributed by atoms with Gasteiger partial charge in [0.25, 0.3) is 0 Å². The quantitative estimate of drug-likeness (QED) is 0.708. The second kappa shape index (κ2) is 3.13. The molecule has 0 saturated heterocycles. The van der Waals surface area contributed by atoms with Crippen molar-refractivity contribution in [1.29, 1.82) is 0 Å². The molecular formula is C9H10ClN3O. The van der Waals surface area contributed by atoms with Gasteiger partial charge >= 0.3 is 0 Å². The Balaban J connectivity index is 2.50. The van der Waals surface area contributed by atoms with E-state index in [-0.39, 0.29) is 11.9 Å². The van der Waals surface area contributed by atoms with Gasteiger partial charge in [0.1, 0.15) is 6.04 Å². The van der Waals surface area contributed by atoms with Gasteiger partial charge < -0.3 is 10.2 Å². The zero-order valence-corrected chi connectivity index (χ0v) is 8.67. The number of hydrogen-bond donors (Lipinski definition) is 1. The number of amides is 1. The molecule has 1 aliphatic rings. The number of nitrogens with zero attached hydrogens (tertiary/aromatic N) is 2. The van der Waals surface area contributed by atoms with Gasteiger partial charge in [0.05, 0.1) is 10.7 Å². The third-order valence-electron chi connectivity index (χ3n) is 2.39. The van der Waals surface area contributed by atoms with Crippen LogP contribution in [0.4, 0.5) is 11.5 Å². The van der Waals surface area contributed by atoms with Gasteiger partial charge in [-0.2, -0.15) is 0 Å². The molecule has 1 aromatic rings. The molecule has 14 heavy (non-hydrogen) atoms. The van der Waals surface area contributed by atoms with Crippen LogP contribution in [0.15, 0.2) is 12.3 Å². The number of carbonyl (C=O) groups is 1. The van der Waals surface area contributed by atoms with Crippen LogP contribution >= 0.6 is 11.6 Å². The largest absolute Gasteiger partial charge is 0.346 e. The zero-order chi connectivity index (χ0) is 10.3. The molecule has 1 atom stereocenters. The minimum absolute atomic E-state index is 0.0379. The fraction of sp³-hybridized carbons (Fsp3) is 0.333. The van der Waals surface area contributed by atoms with Crippen molar-refractivity contribution in [2.24, 2.45) is 0 Å². The number of likely N-dealkylation sites (N-methyl/N-ethyl adjacent to an activating group) is 1. The Bertz CT molecular complexity index is 394. The summed E-state index contributed by atoms with van der Waals surface area (Å²) in [5.74, 6) is 0.713. The van der Waals surface area contributed by atoms with Crippen LogP contribution in [0.5, 0.6) is 0 Å². The first kappa shape index (κ1) is 9.27. The second-order valence-electron chi connectivity index (χ2n) is 3.30. The normalized spacial score (nSPS) is 20.4. The Morgan fingerprint density at radius 1 is 1.64 bits per heavy atom. The Morgan fingerprint density at radius 2 is 2.36 bits per heavy atom.